The first-order valence-corrected chi connectivity index (χ1v) is 7.05. The smallest absolute Gasteiger partial charge is 0.204 e. The van der Waals surface area contributed by atoms with E-state index in [0.29, 0.717) is 5.56 Å². The minimum absolute atomic E-state index is 0.0320. The Morgan fingerprint density at radius 1 is 1.13 bits per heavy atom. The summed E-state index contributed by atoms with van der Waals surface area (Å²) in [5.74, 6) is -0.762. The van der Waals surface area contributed by atoms with E-state index in [1.807, 2.05) is 0 Å². The first kappa shape index (κ1) is 15.0. The first-order chi connectivity index (χ1) is 10.8. The molecular weight excluding hydrogens is 296 g/mol. The van der Waals surface area contributed by atoms with Gasteiger partial charge in [-0.05, 0) is 18.2 Å². The van der Waals surface area contributed by atoms with Gasteiger partial charge >= 0.3 is 0 Å². The summed E-state index contributed by atoms with van der Waals surface area (Å²) >= 11 is 0. The molecule has 0 aliphatic rings. The molecule has 5 nitrogen and oxygen atoms in total. The fourth-order valence-electron chi connectivity index (χ4n) is 2.60. The van der Waals surface area contributed by atoms with Crippen molar-refractivity contribution in [3.05, 3.63) is 52.7 Å². The maximum absolute atomic E-state index is 12.7. The van der Waals surface area contributed by atoms with Crippen molar-refractivity contribution in [1.29, 1.82) is 0 Å². The number of hydrogen-bond acceptors (Lipinski definition) is 5. The highest BCUT2D eigenvalue weighted by Crippen LogP contribution is 2.41. The van der Waals surface area contributed by atoms with Crippen LogP contribution in [0, 0.1) is 0 Å². The highest BCUT2D eigenvalue weighted by Gasteiger charge is 2.26. The number of benzene rings is 2. The average molecular weight is 312 g/mol. The summed E-state index contributed by atoms with van der Waals surface area (Å²) in [6, 6.07) is 5.72. The van der Waals surface area contributed by atoms with E-state index in [2.05, 4.69) is 6.58 Å². The Hall–Kier alpha value is -2.95. The van der Waals surface area contributed by atoms with Crippen LogP contribution in [-0.2, 0) is 5.41 Å². The SMILES string of the molecule is C=CC(C)(C)c1cc(O)c2oc3c(O)cccc3c(=O)c2c1O. The van der Waals surface area contributed by atoms with Gasteiger partial charge in [-0.2, -0.15) is 0 Å². The van der Waals surface area contributed by atoms with Gasteiger partial charge < -0.3 is 19.7 Å². The molecule has 0 fully saturated rings. The average Bonchev–Trinajstić information content (AvgIpc) is 2.51. The zero-order chi connectivity index (χ0) is 16.9. The Kier molecular flexibility index (Phi) is 3.11. The van der Waals surface area contributed by atoms with E-state index in [9.17, 15) is 20.1 Å². The molecule has 0 amide bonds. The lowest BCUT2D eigenvalue weighted by molar-refractivity contribution is 0.440. The Labute approximate surface area is 131 Å². The zero-order valence-electron chi connectivity index (χ0n) is 12.8. The molecule has 0 saturated carbocycles. The van der Waals surface area contributed by atoms with Gasteiger partial charge in [0.25, 0.3) is 0 Å². The fraction of sp³-hybridized carbons (Fsp3) is 0.167. The molecule has 1 heterocycles. The van der Waals surface area contributed by atoms with Crippen LogP contribution in [0.1, 0.15) is 19.4 Å². The highest BCUT2D eigenvalue weighted by atomic mass is 16.4. The van der Waals surface area contributed by atoms with Gasteiger partial charge in [0.15, 0.2) is 22.7 Å². The second kappa shape index (κ2) is 4.78. The second-order valence-corrected chi connectivity index (χ2v) is 6.01. The minimum Gasteiger partial charge on any atom is -0.507 e. The molecule has 118 valence electrons. The Morgan fingerprint density at radius 2 is 1.83 bits per heavy atom. The fourth-order valence-corrected chi connectivity index (χ4v) is 2.60. The normalized spacial score (nSPS) is 11.9. The van der Waals surface area contributed by atoms with Gasteiger partial charge in [-0.15, -0.1) is 6.58 Å². The Balaban J connectivity index is 2.58. The van der Waals surface area contributed by atoms with E-state index in [0.717, 1.165) is 0 Å². The summed E-state index contributed by atoms with van der Waals surface area (Å²) in [4.78, 5) is 12.7. The van der Waals surface area contributed by atoms with E-state index in [4.69, 9.17) is 4.42 Å². The predicted octanol–water partition coefficient (Wildman–Crippen LogP) is 3.53. The molecule has 3 N–H and O–H groups in total. The van der Waals surface area contributed by atoms with Gasteiger partial charge in [-0.25, -0.2) is 0 Å². The molecule has 2 aromatic carbocycles. The van der Waals surface area contributed by atoms with E-state index >= 15 is 0 Å². The number of aromatic hydroxyl groups is 3. The largest absolute Gasteiger partial charge is 0.507 e. The number of para-hydroxylation sites is 1. The summed E-state index contributed by atoms with van der Waals surface area (Å²) < 4.78 is 5.48. The molecular formula is C18H16O5. The summed E-state index contributed by atoms with van der Waals surface area (Å²) in [6.45, 7) is 7.32. The summed E-state index contributed by atoms with van der Waals surface area (Å²) in [6.07, 6.45) is 1.61. The molecule has 1 aromatic heterocycles. The van der Waals surface area contributed by atoms with E-state index in [-0.39, 0.29) is 39.2 Å². The summed E-state index contributed by atoms with van der Waals surface area (Å²) in [7, 11) is 0. The number of fused-ring (bicyclic) bond motifs is 2. The predicted molar refractivity (Wildman–Crippen MR) is 88.2 cm³/mol. The summed E-state index contributed by atoms with van der Waals surface area (Å²) in [5.41, 5.74) is -1.01. The van der Waals surface area contributed by atoms with Gasteiger partial charge in [-0.1, -0.05) is 26.0 Å². The maximum Gasteiger partial charge on any atom is 0.204 e. The zero-order valence-corrected chi connectivity index (χ0v) is 12.8. The van der Waals surface area contributed by atoms with Gasteiger partial charge in [0.2, 0.25) is 5.43 Å². The number of allylic oxidation sites excluding steroid dienone is 1. The molecule has 0 bridgehead atoms. The van der Waals surface area contributed by atoms with Gasteiger partial charge in [0.05, 0.1) is 5.39 Å². The molecule has 23 heavy (non-hydrogen) atoms. The Morgan fingerprint density at radius 3 is 2.48 bits per heavy atom. The van der Waals surface area contributed by atoms with Crippen LogP contribution in [0.5, 0.6) is 17.2 Å². The van der Waals surface area contributed by atoms with E-state index < -0.39 is 10.8 Å². The lowest BCUT2D eigenvalue weighted by Gasteiger charge is -2.22. The van der Waals surface area contributed by atoms with Gasteiger partial charge in [-0.3, -0.25) is 4.79 Å². The molecule has 0 saturated heterocycles. The molecule has 0 atom stereocenters. The Bertz CT molecular complexity index is 1010. The van der Waals surface area contributed by atoms with Crippen LogP contribution < -0.4 is 5.43 Å². The van der Waals surface area contributed by atoms with Crippen LogP contribution in [-0.4, -0.2) is 15.3 Å². The molecule has 5 heteroatoms. The molecule has 0 spiro atoms. The molecule has 0 radical (unpaired) electrons. The number of phenols is 3. The topological polar surface area (TPSA) is 90.9 Å². The third-order valence-electron chi connectivity index (χ3n) is 4.11. The van der Waals surface area contributed by atoms with E-state index in [1.54, 1.807) is 19.9 Å². The van der Waals surface area contributed by atoms with Gasteiger partial charge in [0.1, 0.15) is 11.1 Å². The monoisotopic (exact) mass is 312 g/mol. The third-order valence-corrected chi connectivity index (χ3v) is 4.11. The van der Waals surface area contributed by atoms with Crippen LogP contribution in [0.2, 0.25) is 0 Å². The van der Waals surface area contributed by atoms with Crippen LogP contribution in [0.25, 0.3) is 21.9 Å². The van der Waals surface area contributed by atoms with Crippen LogP contribution in [0.3, 0.4) is 0 Å². The van der Waals surface area contributed by atoms with Crippen molar-refractivity contribution < 1.29 is 19.7 Å². The molecule has 0 aliphatic carbocycles. The van der Waals surface area contributed by atoms with Gasteiger partial charge in [0, 0.05) is 11.0 Å². The van der Waals surface area contributed by atoms with Crippen molar-refractivity contribution >= 4 is 21.9 Å². The lowest BCUT2D eigenvalue weighted by Crippen LogP contribution is -2.14. The summed E-state index contributed by atoms with van der Waals surface area (Å²) in [5, 5.41) is 30.7. The molecule has 3 rings (SSSR count). The number of phenolic OH excluding ortho intramolecular Hbond substituents is 3. The van der Waals surface area contributed by atoms with Crippen molar-refractivity contribution in [1.82, 2.24) is 0 Å². The van der Waals surface area contributed by atoms with Crippen molar-refractivity contribution in [2.24, 2.45) is 0 Å². The van der Waals surface area contributed by atoms with E-state index in [1.165, 1.54) is 24.3 Å². The highest BCUT2D eigenvalue weighted by molar-refractivity contribution is 5.98. The standard InChI is InChI=1S/C18H16O5/c1-4-18(2,3)10-8-12(20)17-13(15(10)22)14(21)9-6-5-7-11(19)16(9)23-17/h4-8,19-20,22H,1H2,2-3H3. The quantitative estimate of drug-likeness (QED) is 0.382. The number of rotatable bonds is 2. The minimum atomic E-state index is -0.657. The molecule has 3 aromatic rings. The van der Waals surface area contributed by atoms with Crippen molar-refractivity contribution in [3.63, 3.8) is 0 Å². The van der Waals surface area contributed by atoms with Crippen LogP contribution in [0.15, 0.2) is 46.1 Å². The van der Waals surface area contributed by atoms with Crippen molar-refractivity contribution in [2.45, 2.75) is 19.3 Å². The molecule has 0 unspecified atom stereocenters. The van der Waals surface area contributed by atoms with Crippen molar-refractivity contribution in [2.75, 3.05) is 0 Å². The lowest BCUT2D eigenvalue weighted by atomic mass is 9.83. The molecule has 0 aliphatic heterocycles. The maximum atomic E-state index is 12.7. The van der Waals surface area contributed by atoms with Crippen molar-refractivity contribution in [3.8, 4) is 17.2 Å². The van der Waals surface area contributed by atoms with Crippen LogP contribution in [0.4, 0.5) is 0 Å². The first-order valence-electron chi connectivity index (χ1n) is 7.05. The third kappa shape index (κ3) is 2.04. The number of hydrogen-bond donors (Lipinski definition) is 3. The van der Waals surface area contributed by atoms with Crippen LogP contribution >= 0.6 is 0 Å². The second-order valence-electron chi connectivity index (χ2n) is 6.01.